The molecule has 0 unspecified atom stereocenters. The molecule has 0 atom stereocenters. The van der Waals surface area contributed by atoms with Gasteiger partial charge in [0.15, 0.2) is 0 Å². The van der Waals surface area contributed by atoms with Gasteiger partial charge in [-0.05, 0) is 26.8 Å². The summed E-state index contributed by atoms with van der Waals surface area (Å²) in [5, 5.41) is 11.3. The average molecular weight is 261 g/mol. The van der Waals surface area contributed by atoms with Crippen LogP contribution in [0.15, 0.2) is 18.5 Å². The summed E-state index contributed by atoms with van der Waals surface area (Å²) in [5.41, 5.74) is 2.98. The Morgan fingerprint density at radius 1 is 1.42 bits per heavy atom. The molecule has 6 nitrogen and oxygen atoms in total. The Kier molecular flexibility index (Phi) is 3.99. The van der Waals surface area contributed by atoms with Crippen molar-refractivity contribution in [2.45, 2.75) is 40.4 Å². The molecule has 2 aromatic heterocycles. The third-order valence-electron chi connectivity index (χ3n) is 3.07. The Morgan fingerprint density at radius 3 is 2.79 bits per heavy atom. The molecule has 0 aliphatic carbocycles. The van der Waals surface area contributed by atoms with E-state index in [1.54, 1.807) is 10.9 Å². The minimum atomic E-state index is -0.0459. The smallest absolute Gasteiger partial charge is 0.242 e. The summed E-state index contributed by atoms with van der Waals surface area (Å²) < 4.78 is 3.55. The van der Waals surface area contributed by atoms with E-state index in [9.17, 15) is 4.79 Å². The molecule has 0 spiro atoms. The molecule has 0 aliphatic rings. The van der Waals surface area contributed by atoms with E-state index in [-0.39, 0.29) is 12.5 Å². The number of carbonyl (C=O) groups is 1. The van der Waals surface area contributed by atoms with Crippen molar-refractivity contribution in [3.8, 4) is 0 Å². The van der Waals surface area contributed by atoms with E-state index in [0.29, 0.717) is 6.54 Å². The van der Waals surface area contributed by atoms with Gasteiger partial charge in [0.1, 0.15) is 6.54 Å². The fraction of sp³-hybridized carbons (Fsp3) is 0.462. The fourth-order valence-corrected chi connectivity index (χ4v) is 1.84. The summed E-state index contributed by atoms with van der Waals surface area (Å²) in [5.74, 6) is -0.0459. The highest BCUT2D eigenvalue weighted by Gasteiger charge is 2.08. The van der Waals surface area contributed by atoms with Crippen LogP contribution in [-0.2, 0) is 24.4 Å². The Balaban J connectivity index is 1.89. The second-order valence-corrected chi connectivity index (χ2v) is 4.50. The van der Waals surface area contributed by atoms with Gasteiger partial charge in [0.05, 0.1) is 5.69 Å². The van der Waals surface area contributed by atoms with Crippen molar-refractivity contribution >= 4 is 5.91 Å². The highest BCUT2D eigenvalue weighted by Crippen LogP contribution is 2.05. The van der Waals surface area contributed by atoms with Crippen molar-refractivity contribution in [3.05, 3.63) is 35.4 Å². The maximum Gasteiger partial charge on any atom is 0.242 e. The van der Waals surface area contributed by atoms with E-state index >= 15 is 0 Å². The summed E-state index contributed by atoms with van der Waals surface area (Å²) in [6.45, 7) is 7.50. The lowest BCUT2D eigenvalue weighted by Crippen LogP contribution is -2.28. The summed E-state index contributed by atoms with van der Waals surface area (Å²) in [7, 11) is 0. The van der Waals surface area contributed by atoms with E-state index in [1.165, 1.54) is 0 Å². The van der Waals surface area contributed by atoms with Gasteiger partial charge in [0.2, 0.25) is 5.91 Å². The summed E-state index contributed by atoms with van der Waals surface area (Å²) in [6.07, 6.45) is 3.66. The van der Waals surface area contributed by atoms with Crippen molar-refractivity contribution in [2.75, 3.05) is 0 Å². The quantitative estimate of drug-likeness (QED) is 0.874. The van der Waals surface area contributed by atoms with Gasteiger partial charge in [0.25, 0.3) is 0 Å². The molecule has 0 bridgehead atoms. The molecule has 102 valence electrons. The Labute approximate surface area is 112 Å². The highest BCUT2D eigenvalue weighted by molar-refractivity contribution is 5.75. The van der Waals surface area contributed by atoms with Crippen LogP contribution in [0.5, 0.6) is 0 Å². The lowest BCUT2D eigenvalue weighted by Gasteiger charge is -2.06. The van der Waals surface area contributed by atoms with Gasteiger partial charge < -0.3 is 5.32 Å². The average Bonchev–Trinajstić information content (AvgIpc) is 2.94. The third-order valence-corrected chi connectivity index (χ3v) is 3.07. The van der Waals surface area contributed by atoms with Crippen LogP contribution in [-0.4, -0.2) is 25.5 Å². The number of carbonyl (C=O) groups excluding carboxylic acids is 1. The maximum atomic E-state index is 11.8. The second-order valence-electron chi connectivity index (χ2n) is 4.50. The zero-order valence-electron chi connectivity index (χ0n) is 11.6. The van der Waals surface area contributed by atoms with Gasteiger partial charge in [-0.3, -0.25) is 14.2 Å². The topological polar surface area (TPSA) is 64.7 Å². The molecule has 0 aliphatic heterocycles. The standard InChI is InChI=1S/C13H19N5O/c1-4-17-8-12(11(3)16-17)7-14-13(19)9-18-10(2)5-6-15-18/h5-6,8H,4,7,9H2,1-3H3,(H,14,19). The van der Waals surface area contributed by atoms with E-state index in [0.717, 1.165) is 23.5 Å². The number of aryl methyl sites for hydroxylation is 3. The fourth-order valence-electron chi connectivity index (χ4n) is 1.84. The normalized spacial score (nSPS) is 10.7. The van der Waals surface area contributed by atoms with Crippen molar-refractivity contribution in [1.29, 1.82) is 0 Å². The summed E-state index contributed by atoms with van der Waals surface area (Å²) >= 11 is 0. The number of rotatable bonds is 5. The van der Waals surface area contributed by atoms with Crippen LogP contribution in [0, 0.1) is 13.8 Å². The van der Waals surface area contributed by atoms with Crippen molar-refractivity contribution in [1.82, 2.24) is 24.9 Å². The van der Waals surface area contributed by atoms with Gasteiger partial charge >= 0.3 is 0 Å². The Morgan fingerprint density at radius 2 is 2.21 bits per heavy atom. The first kappa shape index (κ1) is 13.3. The van der Waals surface area contributed by atoms with E-state index < -0.39 is 0 Å². The van der Waals surface area contributed by atoms with Gasteiger partial charge in [-0.1, -0.05) is 0 Å². The minimum Gasteiger partial charge on any atom is -0.350 e. The maximum absolute atomic E-state index is 11.8. The van der Waals surface area contributed by atoms with Gasteiger partial charge in [-0.2, -0.15) is 10.2 Å². The lowest BCUT2D eigenvalue weighted by atomic mass is 10.2. The zero-order chi connectivity index (χ0) is 13.8. The predicted octanol–water partition coefficient (Wildman–Crippen LogP) is 1.03. The monoisotopic (exact) mass is 261 g/mol. The molecule has 2 heterocycles. The molecule has 0 saturated heterocycles. The van der Waals surface area contributed by atoms with Crippen molar-refractivity contribution in [3.63, 3.8) is 0 Å². The molecule has 2 rings (SSSR count). The van der Waals surface area contributed by atoms with Gasteiger partial charge in [-0.15, -0.1) is 0 Å². The molecular weight excluding hydrogens is 242 g/mol. The van der Waals surface area contributed by atoms with Gasteiger partial charge in [0, 0.05) is 36.7 Å². The predicted molar refractivity (Wildman–Crippen MR) is 71.4 cm³/mol. The highest BCUT2D eigenvalue weighted by atomic mass is 16.2. The van der Waals surface area contributed by atoms with Crippen LogP contribution in [0.4, 0.5) is 0 Å². The van der Waals surface area contributed by atoms with Crippen molar-refractivity contribution < 1.29 is 4.79 Å². The molecule has 1 N–H and O–H groups in total. The first-order chi connectivity index (χ1) is 9.10. The lowest BCUT2D eigenvalue weighted by molar-refractivity contribution is -0.122. The van der Waals surface area contributed by atoms with Crippen LogP contribution >= 0.6 is 0 Å². The first-order valence-corrected chi connectivity index (χ1v) is 6.38. The number of hydrogen-bond donors (Lipinski definition) is 1. The SMILES string of the molecule is CCn1cc(CNC(=O)Cn2nccc2C)c(C)n1. The largest absolute Gasteiger partial charge is 0.350 e. The summed E-state index contributed by atoms with van der Waals surface area (Å²) in [6, 6.07) is 1.88. The molecule has 0 aromatic carbocycles. The Hall–Kier alpha value is -2.11. The first-order valence-electron chi connectivity index (χ1n) is 6.38. The molecule has 0 radical (unpaired) electrons. The van der Waals surface area contributed by atoms with Crippen molar-refractivity contribution in [2.24, 2.45) is 0 Å². The molecule has 2 aromatic rings. The molecule has 0 fully saturated rings. The third kappa shape index (κ3) is 3.21. The van der Waals surface area contributed by atoms with Crippen LogP contribution < -0.4 is 5.32 Å². The number of amides is 1. The van der Waals surface area contributed by atoms with E-state index in [4.69, 9.17) is 0 Å². The zero-order valence-corrected chi connectivity index (χ0v) is 11.6. The van der Waals surface area contributed by atoms with Crippen LogP contribution in [0.3, 0.4) is 0 Å². The van der Waals surface area contributed by atoms with Gasteiger partial charge in [-0.25, -0.2) is 0 Å². The Bertz CT molecular complexity index is 569. The number of nitrogens with one attached hydrogen (secondary N) is 1. The molecule has 0 saturated carbocycles. The number of hydrogen-bond acceptors (Lipinski definition) is 3. The van der Waals surface area contributed by atoms with Crippen LogP contribution in [0.2, 0.25) is 0 Å². The molecule has 1 amide bonds. The molecule has 6 heteroatoms. The molecular formula is C13H19N5O. The van der Waals surface area contributed by atoms with E-state index in [1.807, 2.05) is 37.7 Å². The number of nitrogens with zero attached hydrogens (tertiary/aromatic N) is 4. The van der Waals surface area contributed by atoms with Crippen LogP contribution in [0.25, 0.3) is 0 Å². The molecule has 19 heavy (non-hydrogen) atoms. The number of aromatic nitrogens is 4. The second kappa shape index (κ2) is 5.69. The van der Waals surface area contributed by atoms with E-state index in [2.05, 4.69) is 15.5 Å². The minimum absolute atomic E-state index is 0.0459. The van der Waals surface area contributed by atoms with Crippen LogP contribution in [0.1, 0.15) is 23.9 Å². The summed E-state index contributed by atoms with van der Waals surface area (Å²) in [4.78, 5) is 11.8.